The first-order valence-electron chi connectivity index (χ1n) is 11.0. The maximum Gasteiger partial charge on any atom is 0.206 e. The third kappa shape index (κ3) is 4.75. The minimum absolute atomic E-state index is 0.0491. The molecule has 1 saturated heterocycles. The summed E-state index contributed by atoms with van der Waals surface area (Å²) in [5.41, 5.74) is 10.1. The topological polar surface area (TPSA) is 119 Å². The minimum Gasteiger partial charge on any atom is -0.409 e. The fourth-order valence-electron chi connectivity index (χ4n) is 4.16. The Bertz CT molecular complexity index is 1330. The summed E-state index contributed by atoms with van der Waals surface area (Å²) in [4.78, 5) is 17.0. The standard InChI is InChI=1S/C24H25ClN8O/c25-18-3-1-2-4-21(18)33-11-9-32(10-12-33)15-16-7-8-27-22(13-16)30-24-28-19-6-5-17(23(26)31-34)14-20(19)29-24/h1-8,13-14,34H,9-12,15H2,(H2,26,31)(H2,27,28,29,30). The Kier molecular flexibility index (Phi) is 6.20. The van der Waals surface area contributed by atoms with Crippen LogP contribution in [0.2, 0.25) is 5.02 Å². The number of nitrogens with two attached hydrogens (primary N) is 1. The number of rotatable bonds is 6. The zero-order chi connectivity index (χ0) is 23.5. The van der Waals surface area contributed by atoms with Crippen molar-refractivity contribution in [1.82, 2.24) is 19.9 Å². The van der Waals surface area contributed by atoms with Crippen LogP contribution in [0.15, 0.2) is 65.9 Å². The number of amidine groups is 1. The monoisotopic (exact) mass is 476 g/mol. The van der Waals surface area contributed by atoms with Gasteiger partial charge >= 0.3 is 0 Å². The van der Waals surface area contributed by atoms with Crippen molar-refractivity contribution >= 4 is 45.9 Å². The quantitative estimate of drug-likeness (QED) is 0.145. The van der Waals surface area contributed by atoms with E-state index >= 15 is 0 Å². The minimum atomic E-state index is 0.0491. The molecule has 5 N–H and O–H groups in total. The molecule has 9 nitrogen and oxygen atoms in total. The van der Waals surface area contributed by atoms with Crippen molar-refractivity contribution in [3.8, 4) is 0 Å². The fraction of sp³-hybridized carbons (Fsp3) is 0.208. The molecule has 0 bridgehead atoms. The molecule has 0 spiro atoms. The number of hydrogen-bond acceptors (Lipinski definition) is 7. The number of halogens is 1. The highest BCUT2D eigenvalue weighted by atomic mass is 35.5. The summed E-state index contributed by atoms with van der Waals surface area (Å²) in [5.74, 6) is 1.33. The summed E-state index contributed by atoms with van der Waals surface area (Å²) < 4.78 is 0. The van der Waals surface area contributed by atoms with Crippen LogP contribution in [0.4, 0.5) is 17.5 Å². The van der Waals surface area contributed by atoms with Gasteiger partial charge in [-0.1, -0.05) is 28.9 Å². The van der Waals surface area contributed by atoms with Gasteiger partial charge in [-0.15, -0.1) is 0 Å². The number of benzene rings is 2. The van der Waals surface area contributed by atoms with Crippen molar-refractivity contribution in [2.24, 2.45) is 10.9 Å². The Balaban J connectivity index is 1.23. The number of para-hydroxylation sites is 1. The van der Waals surface area contributed by atoms with Gasteiger partial charge in [-0.3, -0.25) is 4.90 Å². The highest BCUT2D eigenvalue weighted by Gasteiger charge is 2.19. The number of hydrogen-bond donors (Lipinski definition) is 4. The van der Waals surface area contributed by atoms with Crippen LogP contribution in [0.1, 0.15) is 11.1 Å². The first-order chi connectivity index (χ1) is 16.6. The largest absolute Gasteiger partial charge is 0.409 e. The molecule has 1 aliphatic heterocycles. The number of nitrogens with zero attached hydrogens (tertiary/aromatic N) is 5. The number of anilines is 3. The number of imidazole rings is 1. The van der Waals surface area contributed by atoms with Gasteiger partial charge in [-0.25, -0.2) is 9.97 Å². The Morgan fingerprint density at radius 2 is 1.94 bits per heavy atom. The molecule has 3 heterocycles. The predicted octanol–water partition coefficient (Wildman–Crippen LogP) is 3.77. The van der Waals surface area contributed by atoms with Crippen LogP contribution in [0.3, 0.4) is 0 Å². The summed E-state index contributed by atoms with van der Waals surface area (Å²) >= 11 is 6.36. The Morgan fingerprint density at radius 3 is 2.74 bits per heavy atom. The summed E-state index contributed by atoms with van der Waals surface area (Å²) in [6, 6.07) is 17.4. The van der Waals surface area contributed by atoms with E-state index in [0.717, 1.165) is 54.5 Å². The lowest BCUT2D eigenvalue weighted by Gasteiger charge is -2.36. The number of piperazine rings is 1. The van der Waals surface area contributed by atoms with E-state index in [1.807, 2.05) is 36.4 Å². The molecule has 0 aliphatic carbocycles. The van der Waals surface area contributed by atoms with Gasteiger partial charge in [0.2, 0.25) is 5.95 Å². The highest BCUT2D eigenvalue weighted by molar-refractivity contribution is 6.33. The van der Waals surface area contributed by atoms with Gasteiger partial charge in [0.25, 0.3) is 0 Å². The normalized spacial score (nSPS) is 15.1. The molecule has 4 aromatic rings. The number of oxime groups is 1. The molecule has 5 rings (SSSR count). The van der Waals surface area contributed by atoms with E-state index in [0.29, 0.717) is 17.3 Å². The lowest BCUT2D eigenvalue weighted by molar-refractivity contribution is 0.250. The SMILES string of the molecule is N/C(=N\O)c1ccc2nc(Nc3cc(CN4CCN(c5ccccc5Cl)CC4)ccn3)[nH]c2c1. The van der Waals surface area contributed by atoms with E-state index in [1.54, 1.807) is 18.3 Å². The maximum absolute atomic E-state index is 8.89. The van der Waals surface area contributed by atoms with Gasteiger partial charge < -0.3 is 26.1 Å². The predicted molar refractivity (Wildman–Crippen MR) is 135 cm³/mol. The average Bonchev–Trinajstić information content (AvgIpc) is 3.26. The Hall–Kier alpha value is -3.82. The molecule has 2 aromatic heterocycles. The second-order valence-electron chi connectivity index (χ2n) is 8.19. The molecule has 1 fully saturated rings. The Labute approximate surface area is 201 Å². The van der Waals surface area contributed by atoms with Crippen molar-refractivity contribution in [3.05, 3.63) is 76.9 Å². The van der Waals surface area contributed by atoms with E-state index in [-0.39, 0.29) is 5.84 Å². The molecular weight excluding hydrogens is 452 g/mol. The van der Waals surface area contributed by atoms with Crippen molar-refractivity contribution in [1.29, 1.82) is 0 Å². The van der Waals surface area contributed by atoms with Crippen LogP contribution in [-0.2, 0) is 6.54 Å². The average molecular weight is 477 g/mol. The van der Waals surface area contributed by atoms with E-state index in [4.69, 9.17) is 22.5 Å². The summed E-state index contributed by atoms with van der Waals surface area (Å²) in [6.45, 7) is 4.64. The molecule has 0 saturated carbocycles. The molecule has 1 aliphatic rings. The third-order valence-corrected chi connectivity index (χ3v) is 6.25. The first-order valence-corrected chi connectivity index (χ1v) is 11.4. The van der Waals surface area contributed by atoms with Crippen LogP contribution in [0.5, 0.6) is 0 Å². The second-order valence-corrected chi connectivity index (χ2v) is 8.60. The van der Waals surface area contributed by atoms with Gasteiger partial charge in [0, 0.05) is 44.5 Å². The number of aromatic amines is 1. The molecule has 0 atom stereocenters. The Morgan fingerprint density at radius 1 is 1.12 bits per heavy atom. The molecule has 0 amide bonds. The lowest BCUT2D eigenvalue weighted by atomic mass is 10.2. The van der Waals surface area contributed by atoms with Gasteiger partial charge in [0.05, 0.1) is 21.7 Å². The third-order valence-electron chi connectivity index (χ3n) is 5.93. The second kappa shape index (κ2) is 9.58. The molecular formula is C24H25ClN8O. The zero-order valence-corrected chi connectivity index (χ0v) is 19.2. The molecule has 10 heteroatoms. The zero-order valence-electron chi connectivity index (χ0n) is 18.4. The maximum atomic E-state index is 8.89. The number of nitrogens with one attached hydrogen (secondary N) is 2. The van der Waals surface area contributed by atoms with E-state index in [1.165, 1.54) is 5.56 Å². The molecule has 0 radical (unpaired) electrons. The number of pyridine rings is 1. The van der Waals surface area contributed by atoms with Crippen molar-refractivity contribution in [3.63, 3.8) is 0 Å². The van der Waals surface area contributed by atoms with Crippen molar-refractivity contribution in [2.75, 3.05) is 36.4 Å². The van der Waals surface area contributed by atoms with E-state index in [2.05, 4.69) is 41.3 Å². The summed E-state index contributed by atoms with van der Waals surface area (Å²) in [7, 11) is 0. The van der Waals surface area contributed by atoms with Crippen LogP contribution < -0.4 is 16.0 Å². The lowest BCUT2D eigenvalue weighted by Crippen LogP contribution is -2.46. The van der Waals surface area contributed by atoms with Gasteiger partial charge in [0.1, 0.15) is 5.82 Å². The van der Waals surface area contributed by atoms with Crippen LogP contribution in [-0.4, -0.2) is 57.1 Å². The molecule has 34 heavy (non-hydrogen) atoms. The number of H-pyrrole nitrogens is 1. The van der Waals surface area contributed by atoms with Gasteiger partial charge in [-0.2, -0.15) is 0 Å². The van der Waals surface area contributed by atoms with Crippen LogP contribution >= 0.6 is 11.6 Å². The summed E-state index contributed by atoms with van der Waals surface area (Å²) in [5, 5.41) is 16.0. The molecule has 0 unspecified atom stereocenters. The molecule has 2 aromatic carbocycles. The van der Waals surface area contributed by atoms with Crippen molar-refractivity contribution < 1.29 is 5.21 Å². The smallest absolute Gasteiger partial charge is 0.206 e. The number of fused-ring (bicyclic) bond motifs is 1. The molecule has 174 valence electrons. The van der Waals surface area contributed by atoms with Gasteiger partial charge in [-0.05, 0) is 48.0 Å². The van der Waals surface area contributed by atoms with Crippen molar-refractivity contribution in [2.45, 2.75) is 6.54 Å². The van der Waals surface area contributed by atoms with Crippen LogP contribution in [0, 0.1) is 0 Å². The highest BCUT2D eigenvalue weighted by Crippen LogP contribution is 2.26. The fourth-order valence-corrected chi connectivity index (χ4v) is 4.42. The van der Waals surface area contributed by atoms with Crippen LogP contribution in [0.25, 0.3) is 11.0 Å². The number of aromatic nitrogens is 3. The first kappa shape index (κ1) is 22.0. The van der Waals surface area contributed by atoms with Gasteiger partial charge in [0.15, 0.2) is 5.84 Å². The summed E-state index contributed by atoms with van der Waals surface area (Å²) in [6.07, 6.45) is 1.80. The van der Waals surface area contributed by atoms with E-state index in [9.17, 15) is 0 Å². The van der Waals surface area contributed by atoms with E-state index < -0.39 is 0 Å².